The first kappa shape index (κ1) is 24.7. The molecule has 4 aromatic rings. The molecule has 5 rings (SSSR count). The zero-order valence-corrected chi connectivity index (χ0v) is 21.2. The van der Waals surface area contributed by atoms with E-state index in [2.05, 4.69) is 25.8 Å². The van der Waals surface area contributed by atoms with E-state index in [-0.39, 0.29) is 18.0 Å². The van der Waals surface area contributed by atoms with Crippen LogP contribution >= 0.6 is 11.3 Å². The molecule has 1 fully saturated rings. The highest BCUT2D eigenvalue weighted by Gasteiger charge is 2.22. The van der Waals surface area contributed by atoms with E-state index in [1.54, 1.807) is 41.9 Å². The van der Waals surface area contributed by atoms with E-state index in [0.29, 0.717) is 23.7 Å². The molecule has 1 aliphatic heterocycles. The number of benzene rings is 2. The minimum Gasteiger partial charge on any atom is -0.444 e. The number of piperidine rings is 1. The lowest BCUT2D eigenvalue weighted by molar-refractivity contribution is 0.0951. The number of carbonyl (C=O) groups is 2. The van der Waals surface area contributed by atoms with Gasteiger partial charge in [0.25, 0.3) is 5.91 Å². The first-order valence-corrected chi connectivity index (χ1v) is 13.2. The Kier molecular flexibility index (Phi) is 7.93. The Morgan fingerprint density at radius 2 is 1.86 bits per heavy atom. The summed E-state index contributed by atoms with van der Waals surface area (Å²) in [5.74, 6) is 0.459. The number of carbonyl (C=O) groups excluding carboxylic acids is 2. The number of hydrogen-bond acceptors (Lipinski definition) is 6. The molecule has 8 nitrogen and oxygen atoms in total. The standard InChI is InChI=1S/C28H29N5O3S/c34-26(29-17-25-10-5-15-37-25)21-8-4-9-23(16-21)32-28(35)31-22-11-13-33(14-12-22)18-24-19-36-27(30-24)20-6-2-1-3-7-20/h1-10,15-16,19,22H,11-14,17-18H2,(H,29,34)(H2,31,32,35). The molecule has 1 saturated heterocycles. The summed E-state index contributed by atoms with van der Waals surface area (Å²) < 4.78 is 5.65. The molecule has 0 aliphatic carbocycles. The van der Waals surface area contributed by atoms with Gasteiger partial charge in [-0.25, -0.2) is 9.78 Å². The summed E-state index contributed by atoms with van der Waals surface area (Å²) in [4.78, 5) is 33.1. The highest BCUT2D eigenvalue weighted by Crippen LogP contribution is 2.20. The van der Waals surface area contributed by atoms with Crippen molar-refractivity contribution in [3.63, 3.8) is 0 Å². The third-order valence-corrected chi connectivity index (χ3v) is 7.14. The molecule has 3 heterocycles. The Hall–Kier alpha value is -3.95. The molecule has 0 atom stereocenters. The topological polar surface area (TPSA) is 99.5 Å². The fraction of sp³-hybridized carbons (Fsp3) is 0.250. The molecule has 3 amide bonds. The number of amides is 3. The lowest BCUT2D eigenvalue weighted by Crippen LogP contribution is -2.45. The molecule has 9 heteroatoms. The molecule has 0 radical (unpaired) electrons. The number of thiophene rings is 1. The molecule has 0 unspecified atom stereocenters. The predicted molar refractivity (Wildman–Crippen MR) is 144 cm³/mol. The van der Waals surface area contributed by atoms with E-state index in [1.807, 2.05) is 47.8 Å². The van der Waals surface area contributed by atoms with E-state index in [9.17, 15) is 9.59 Å². The van der Waals surface area contributed by atoms with Gasteiger partial charge in [0, 0.05) is 47.4 Å². The molecule has 3 N–H and O–H groups in total. The smallest absolute Gasteiger partial charge is 0.319 e. The van der Waals surface area contributed by atoms with E-state index < -0.39 is 0 Å². The third kappa shape index (κ3) is 6.84. The van der Waals surface area contributed by atoms with Gasteiger partial charge in [-0.15, -0.1) is 11.3 Å². The Morgan fingerprint density at radius 1 is 1.03 bits per heavy atom. The summed E-state index contributed by atoms with van der Waals surface area (Å²) in [6.07, 6.45) is 3.42. The van der Waals surface area contributed by atoms with Crippen molar-refractivity contribution in [2.75, 3.05) is 18.4 Å². The van der Waals surface area contributed by atoms with Gasteiger partial charge in [0.05, 0.1) is 12.2 Å². The third-order valence-electron chi connectivity index (χ3n) is 6.27. The maximum atomic E-state index is 12.6. The minimum atomic E-state index is -0.265. The van der Waals surface area contributed by atoms with Gasteiger partial charge >= 0.3 is 6.03 Å². The van der Waals surface area contributed by atoms with Crippen LogP contribution in [0.2, 0.25) is 0 Å². The van der Waals surface area contributed by atoms with Crippen LogP contribution in [0.4, 0.5) is 10.5 Å². The van der Waals surface area contributed by atoms with Crippen LogP contribution in [0.5, 0.6) is 0 Å². The molecule has 190 valence electrons. The van der Waals surface area contributed by atoms with Crippen LogP contribution in [0.1, 0.15) is 33.8 Å². The number of urea groups is 1. The largest absolute Gasteiger partial charge is 0.444 e. The molecular formula is C28H29N5O3S. The number of nitrogens with zero attached hydrogens (tertiary/aromatic N) is 2. The molecule has 37 heavy (non-hydrogen) atoms. The number of aromatic nitrogens is 1. The lowest BCUT2D eigenvalue weighted by atomic mass is 10.1. The van der Waals surface area contributed by atoms with Crippen molar-refractivity contribution in [2.45, 2.75) is 32.0 Å². The van der Waals surface area contributed by atoms with Gasteiger partial charge in [-0.3, -0.25) is 9.69 Å². The van der Waals surface area contributed by atoms with Crippen molar-refractivity contribution in [1.29, 1.82) is 0 Å². The van der Waals surface area contributed by atoms with Crippen molar-refractivity contribution in [3.05, 3.63) is 94.5 Å². The maximum absolute atomic E-state index is 12.6. The predicted octanol–water partition coefficient (Wildman–Crippen LogP) is 5.12. The Bertz CT molecular complexity index is 1310. The highest BCUT2D eigenvalue weighted by atomic mass is 32.1. The fourth-order valence-corrected chi connectivity index (χ4v) is 4.98. The normalized spacial score (nSPS) is 14.3. The summed E-state index contributed by atoms with van der Waals surface area (Å²) in [5, 5.41) is 10.8. The Labute approximate surface area is 219 Å². The van der Waals surface area contributed by atoms with Gasteiger partial charge in [-0.05, 0) is 54.6 Å². The number of likely N-dealkylation sites (tertiary alicyclic amines) is 1. The van der Waals surface area contributed by atoms with Crippen LogP contribution in [0.25, 0.3) is 11.5 Å². The van der Waals surface area contributed by atoms with Gasteiger partial charge in [0.1, 0.15) is 6.26 Å². The fourth-order valence-electron chi connectivity index (χ4n) is 4.33. The zero-order valence-electron chi connectivity index (χ0n) is 20.4. The van der Waals surface area contributed by atoms with Gasteiger partial charge in [-0.1, -0.05) is 30.3 Å². The second-order valence-electron chi connectivity index (χ2n) is 9.00. The molecule has 0 bridgehead atoms. The summed E-state index contributed by atoms with van der Waals surface area (Å²) in [5.41, 5.74) is 2.96. The van der Waals surface area contributed by atoms with E-state index in [0.717, 1.165) is 48.6 Å². The second kappa shape index (κ2) is 11.9. The zero-order chi connectivity index (χ0) is 25.5. The lowest BCUT2D eigenvalue weighted by Gasteiger charge is -2.31. The van der Waals surface area contributed by atoms with Gasteiger partial charge < -0.3 is 20.4 Å². The number of anilines is 1. The van der Waals surface area contributed by atoms with E-state index in [1.165, 1.54) is 0 Å². The highest BCUT2D eigenvalue weighted by molar-refractivity contribution is 7.09. The number of nitrogens with one attached hydrogen (secondary N) is 3. The Balaban J connectivity index is 1.06. The summed E-state index contributed by atoms with van der Waals surface area (Å²) in [7, 11) is 0. The average molecular weight is 516 g/mol. The van der Waals surface area contributed by atoms with Crippen molar-refractivity contribution >= 4 is 29.0 Å². The van der Waals surface area contributed by atoms with Gasteiger partial charge in [-0.2, -0.15) is 0 Å². The number of hydrogen-bond donors (Lipinski definition) is 3. The van der Waals surface area contributed by atoms with Crippen LogP contribution in [0.3, 0.4) is 0 Å². The van der Waals surface area contributed by atoms with Crippen molar-refractivity contribution in [2.24, 2.45) is 0 Å². The van der Waals surface area contributed by atoms with Gasteiger partial charge in [0.2, 0.25) is 5.89 Å². The Morgan fingerprint density at radius 3 is 2.65 bits per heavy atom. The first-order valence-electron chi connectivity index (χ1n) is 12.3. The van der Waals surface area contributed by atoms with Crippen LogP contribution < -0.4 is 16.0 Å². The molecular weight excluding hydrogens is 486 g/mol. The number of oxazole rings is 1. The number of rotatable bonds is 8. The minimum absolute atomic E-state index is 0.0886. The average Bonchev–Trinajstić information content (AvgIpc) is 3.62. The molecule has 2 aromatic heterocycles. The van der Waals surface area contributed by atoms with Gasteiger partial charge in [0.15, 0.2) is 0 Å². The molecule has 2 aromatic carbocycles. The van der Waals surface area contributed by atoms with Crippen molar-refractivity contribution < 1.29 is 14.0 Å². The molecule has 0 spiro atoms. The van der Waals surface area contributed by atoms with Crippen LogP contribution in [0.15, 0.2) is 82.8 Å². The summed E-state index contributed by atoms with van der Waals surface area (Å²) in [6, 6.07) is 20.6. The van der Waals surface area contributed by atoms with Crippen LogP contribution in [-0.2, 0) is 13.1 Å². The second-order valence-corrected chi connectivity index (χ2v) is 10.0. The monoisotopic (exact) mass is 515 g/mol. The summed E-state index contributed by atoms with van der Waals surface area (Å²) >= 11 is 1.60. The first-order chi connectivity index (χ1) is 18.1. The van der Waals surface area contributed by atoms with Crippen molar-refractivity contribution in [1.82, 2.24) is 20.5 Å². The summed E-state index contributed by atoms with van der Waals surface area (Å²) in [6.45, 7) is 2.92. The van der Waals surface area contributed by atoms with Crippen molar-refractivity contribution in [3.8, 4) is 11.5 Å². The van der Waals surface area contributed by atoms with E-state index >= 15 is 0 Å². The molecule has 0 saturated carbocycles. The maximum Gasteiger partial charge on any atom is 0.319 e. The quantitative estimate of drug-likeness (QED) is 0.303. The van der Waals surface area contributed by atoms with E-state index in [4.69, 9.17) is 4.42 Å². The van der Waals surface area contributed by atoms with Crippen LogP contribution in [0, 0.1) is 0 Å². The van der Waals surface area contributed by atoms with Crippen LogP contribution in [-0.4, -0.2) is 41.0 Å². The molecule has 1 aliphatic rings. The SMILES string of the molecule is O=C(Nc1cccc(C(=O)NCc2cccs2)c1)NC1CCN(Cc2coc(-c3ccccc3)n2)CC1.